The van der Waals surface area contributed by atoms with Gasteiger partial charge in [-0.1, -0.05) is 45.9 Å². The van der Waals surface area contributed by atoms with E-state index in [9.17, 15) is 9.59 Å². The van der Waals surface area contributed by atoms with E-state index in [0.29, 0.717) is 29.9 Å². The lowest BCUT2D eigenvalue weighted by molar-refractivity contribution is -0.199. The quantitative estimate of drug-likeness (QED) is 0.436. The summed E-state index contributed by atoms with van der Waals surface area (Å²) in [7, 11) is -0.502. The number of hydrogen-bond donors (Lipinski definition) is 4. The van der Waals surface area contributed by atoms with Gasteiger partial charge in [-0.2, -0.15) is 0 Å². The van der Waals surface area contributed by atoms with Crippen molar-refractivity contribution in [3.05, 3.63) is 30.3 Å². The van der Waals surface area contributed by atoms with E-state index in [0.717, 1.165) is 6.42 Å². The second kappa shape index (κ2) is 9.51. The molecule has 4 fully saturated rings. The van der Waals surface area contributed by atoms with Crippen molar-refractivity contribution in [2.75, 3.05) is 11.9 Å². The van der Waals surface area contributed by atoms with Crippen LogP contribution >= 0.6 is 0 Å². The normalized spacial score (nSPS) is 30.7. The molecule has 3 amide bonds. The summed E-state index contributed by atoms with van der Waals surface area (Å²) >= 11 is 0. The van der Waals surface area contributed by atoms with Crippen LogP contribution in [-0.4, -0.2) is 49.3 Å². The number of hydrogen-bond acceptors (Lipinski definition) is 5. The summed E-state index contributed by atoms with van der Waals surface area (Å²) in [5, 5.41) is 8.44. The average molecular weight is 470 g/mol. The molecule has 0 spiro atoms. The minimum Gasteiger partial charge on any atom is -0.404 e. The van der Waals surface area contributed by atoms with E-state index < -0.39 is 19.2 Å². The number of rotatable bonds is 8. The third-order valence-corrected chi connectivity index (χ3v) is 8.20. The Bertz CT molecular complexity index is 898. The summed E-state index contributed by atoms with van der Waals surface area (Å²) in [6.45, 7) is 11.1. The number of carbonyl (C=O) groups is 2. The van der Waals surface area contributed by atoms with Crippen LogP contribution < -0.4 is 21.7 Å². The Morgan fingerprint density at radius 3 is 2.53 bits per heavy atom. The largest absolute Gasteiger partial charge is 0.481 e. The van der Waals surface area contributed by atoms with Crippen LogP contribution in [0, 0.1) is 23.2 Å². The van der Waals surface area contributed by atoms with Crippen LogP contribution in [0.3, 0.4) is 0 Å². The average Bonchev–Trinajstić information content (AvgIpc) is 3.14. The van der Waals surface area contributed by atoms with Crippen molar-refractivity contribution in [3.63, 3.8) is 0 Å². The number of urea groups is 1. The molecule has 9 heteroatoms. The first kappa shape index (κ1) is 25.0. The zero-order valence-electron chi connectivity index (χ0n) is 21.0. The van der Waals surface area contributed by atoms with Gasteiger partial charge in [0.05, 0.1) is 17.6 Å². The van der Waals surface area contributed by atoms with E-state index in [1.807, 2.05) is 18.2 Å². The van der Waals surface area contributed by atoms with Gasteiger partial charge >= 0.3 is 13.1 Å². The Labute approximate surface area is 203 Å². The van der Waals surface area contributed by atoms with Gasteiger partial charge in [0.1, 0.15) is 6.04 Å². The maximum absolute atomic E-state index is 12.9. The van der Waals surface area contributed by atoms with Crippen LogP contribution in [0.25, 0.3) is 0 Å². The van der Waals surface area contributed by atoms with Crippen LogP contribution in [0.1, 0.15) is 53.9 Å². The number of para-hydroxylation sites is 1. The molecular weight excluding hydrogens is 431 g/mol. The molecule has 4 aliphatic rings. The highest BCUT2D eigenvalue weighted by atomic mass is 16.7. The first-order chi connectivity index (χ1) is 16.0. The molecule has 0 unspecified atom stereocenters. The number of benzene rings is 1. The second-order valence-electron chi connectivity index (χ2n) is 11.4. The van der Waals surface area contributed by atoms with Gasteiger partial charge in [-0.25, -0.2) is 4.79 Å². The SMILES string of the molecule is CC(C)C[C@H](NC(=O)[C@@H](N)CNC(=O)Nc1ccccc1)B1O[C@@H]2C[C@H]3C[C@H](C3(C)C)[C@]2(C)O1. The Balaban J connectivity index is 1.33. The molecule has 5 N–H and O–H groups in total. The molecule has 1 heterocycles. The highest BCUT2D eigenvalue weighted by Gasteiger charge is 2.68. The molecule has 1 saturated heterocycles. The number of nitrogens with two attached hydrogens (primary N) is 1. The predicted octanol–water partition coefficient (Wildman–Crippen LogP) is 2.93. The van der Waals surface area contributed by atoms with Crippen molar-refractivity contribution in [2.24, 2.45) is 28.9 Å². The molecule has 1 aliphatic heterocycles. The van der Waals surface area contributed by atoms with E-state index >= 15 is 0 Å². The minimum atomic E-state index is -0.887. The van der Waals surface area contributed by atoms with Crippen molar-refractivity contribution in [1.82, 2.24) is 10.6 Å². The van der Waals surface area contributed by atoms with Crippen LogP contribution in [-0.2, 0) is 14.1 Å². The summed E-state index contributed by atoms with van der Waals surface area (Å²) in [6, 6.07) is 7.81. The van der Waals surface area contributed by atoms with Crippen molar-refractivity contribution < 1.29 is 18.9 Å². The molecular formula is C25H39BN4O4. The molecule has 5 rings (SSSR count). The van der Waals surface area contributed by atoms with Crippen LogP contribution in [0.4, 0.5) is 10.5 Å². The molecule has 0 aromatic heterocycles. The van der Waals surface area contributed by atoms with Gasteiger partial charge in [0.2, 0.25) is 5.91 Å². The number of anilines is 1. The molecule has 6 atom stereocenters. The summed E-state index contributed by atoms with van der Waals surface area (Å²) < 4.78 is 13.0. The van der Waals surface area contributed by atoms with E-state index in [1.54, 1.807) is 12.1 Å². The molecule has 34 heavy (non-hydrogen) atoms. The lowest BCUT2D eigenvalue weighted by atomic mass is 9.43. The van der Waals surface area contributed by atoms with Crippen molar-refractivity contribution >= 4 is 24.7 Å². The maximum atomic E-state index is 12.9. The summed E-state index contributed by atoms with van der Waals surface area (Å²) in [5.74, 6) is 0.822. The summed E-state index contributed by atoms with van der Waals surface area (Å²) in [5.41, 5.74) is 6.70. The number of carbonyl (C=O) groups excluding carboxylic acids is 2. The molecule has 186 valence electrons. The van der Waals surface area contributed by atoms with E-state index in [2.05, 4.69) is 50.6 Å². The zero-order chi connectivity index (χ0) is 24.7. The first-order valence-electron chi connectivity index (χ1n) is 12.5. The van der Waals surface area contributed by atoms with Crippen molar-refractivity contribution in [1.29, 1.82) is 0 Å². The van der Waals surface area contributed by atoms with E-state index in [1.165, 1.54) is 6.42 Å². The van der Waals surface area contributed by atoms with Crippen LogP contribution in [0.2, 0.25) is 0 Å². The van der Waals surface area contributed by atoms with Crippen molar-refractivity contribution in [2.45, 2.75) is 77.6 Å². The van der Waals surface area contributed by atoms with Crippen molar-refractivity contribution in [3.8, 4) is 0 Å². The molecule has 1 aromatic carbocycles. The monoisotopic (exact) mass is 470 g/mol. The van der Waals surface area contributed by atoms with Gasteiger partial charge in [-0.15, -0.1) is 0 Å². The highest BCUT2D eigenvalue weighted by molar-refractivity contribution is 6.47. The third kappa shape index (κ3) is 4.83. The van der Waals surface area contributed by atoms with Gasteiger partial charge < -0.3 is 31.0 Å². The fraction of sp³-hybridized carbons (Fsp3) is 0.680. The number of amides is 3. The standard InChI is InChI=1S/C25H39BN4O4/c1-15(2)11-21(26-33-20-13-16-12-19(24(16,3)4)25(20,5)34-26)30-22(31)18(27)14-28-23(32)29-17-9-7-6-8-10-17/h6-10,15-16,18-21H,11-14,27H2,1-5H3,(H,30,31)(H2,28,29,32)/t16-,18+,19-,20-,21+,25+/m1/s1. The zero-order valence-corrected chi connectivity index (χ0v) is 21.0. The fourth-order valence-electron chi connectivity index (χ4n) is 6.10. The first-order valence-corrected chi connectivity index (χ1v) is 12.5. The highest BCUT2D eigenvalue weighted by Crippen LogP contribution is 2.65. The molecule has 8 nitrogen and oxygen atoms in total. The molecule has 3 saturated carbocycles. The number of nitrogens with one attached hydrogen (secondary N) is 3. The topological polar surface area (TPSA) is 115 Å². The fourth-order valence-corrected chi connectivity index (χ4v) is 6.10. The molecule has 1 aromatic rings. The van der Waals surface area contributed by atoms with E-state index in [4.69, 9.17) is 15.0 Å². The maximum Gasteiger partial charge on any atom is 0.481 e. The summed E-state index contributed by atoms with van der Waals surface area (Å²) in [6.07, 6.45) is 2.95. The lowest BCUT2D eigenvalue weighted by Gasteiger charge is -2.64. The summed E-state index contributed by atoms with van der Waals surface area (Å²) in [4.78, 5) is 25.0. The second-order valence-corrected chi connectivity index (χ2v) is 11.4. The van der Waals surface area contributed by atoms with Crippen LogP contribution in [0.5, 0.6) is 0 Å². The Kier molecular flexibility index (Phi) is 7.00. The van der Waals surface area contributed by atoms with Gasteiger partial charge in [0.15, 0.2) is 0 Å². The third-order valence-electron chi connectivity index (χ3n) is 8.20. The molecule has 0 radical (unpaired) electrons. The minimum absolute atomic E-state index is 0.0174. The van der Waals surface area contributed by atoms with Gasteiger partial charge in [-0.05, 0) is 61.5 Å². The molecule has 2 bridgehead atoms. The smallest absolute Gasteiger partial charge is 0.404 e. The Hall–Kier alpha value is -2.10. The van der Waals surface area contributed by atoms with E-state index in [-0.39, 0.29) is 35.5 Å². The lowest BCUT2D eigenvalue weighted by Crippen LogP contribution is -2.65. The van der Waals surface area contributed by atoms with Gasteiger partial charge in [0.25, 0.3) is 0 Å². The van der Waals surface area contributed by atoms with Gasteiger partial charge in [0, 0.05) is 12.2 Å². The predicted molar refractivity (Wildman–Crippen MR) is 133 cm³/mol. The van der Waals surface area contributed by atoms with Crippen LogP contribution in [0.15, 0.2) is 30.3 Å². The Morgan fingerprint density at radius 2 is 1.88 bits per heavy atom. The molecule has 3 aliphatic carbocycles. The Morgan fingerprint density at radius 1 is 1.18 bits per heavy atom. The van der Waals surface area contributed by atoms with Gasteiger partial charge in [-0.3, -0.25) is 4.79 Å².